The van der Waals surface area contributed by atoms with E-state index in [1.807, 2.05) is 19.1 Å². The maximum atomic E-state index is 11.2. The molecule has 0 fully saturated rings. The van der Waals surface area contributed by atoms with Gasteiger partial charge in [-0.05, 0) is 31.5 Å². The number of aryl methyl sites for hydroxylation is 1. The van der Waals surface area contributed by atoms with Crippen LogP contribution in [-0.2, 0) is 10.0 Å². The number of nitrogens with one attached hydrogen (secondary N) is 1. The van der Waals surface area contributed by atoms with Gasteiger partial charge in [-0.15, -0.1) is 0 Å². The van der Waals surface area contributed by atoms with Gasteiger partial charge in [0, 0.05) is 5.69 Å². The Morgan fingerprint density at radius 1 is 1.38 bits per heavy atom. The zero-order valence-corrected chi connectivity index (χ0v) is 8.56. The Hall–Kier alpha value is -1.03. The van der Waals surface area contributed by atoms with Crippen LogP contribution in [0.15, 0.2) is 24.3 Å². The van der Waals surface area contributed by atoms with Gasteiger partial charge in [-0.25, -0.2) is 8.42 Å². The SMILES string of the molecule is CCS(=O)(=O)Nc1cccc(C)c1. The number of anilines is 1. The first-order valence-electron chi connectivity index (χ1n) is 4.10. The molecule has 0 aliphatic carbocycles. The van der Waals surface area contributed by atoms with Crippen LogP contribution in [0.1, 0.15) is 12.5 Å². The summed E-state index contributed by atoms with van der Waals surface area (Å²) in [7, 11) is -3.14. The second-order valence-corrected chi connectivity index (χ2v) is 4.89. The van der Waals surface area contributed by atoms with Gasteiger partial charge in [0.25, 0.3) is 0 Å². The molecule has 0 atom stereocenters. The molecule has 0 unspecified atom stereocenters. The van der Waals surface area contributed by atoms with Crippen LogP contribution in [0.25, 0.3) is 0 Å². The largest absolute Gasteiger partial charge is 0.284 e. The van der Waals surface area contributed by atoms with Crippen LogP contribution in [0.2, 0.25) is 0 Å². The molecule has 13 heavy (non-hydrogen) atoms. The molecule has 0 amide bonds. The Morgan fingerprint density at radius 3 is 2.62 bits per heavy atom. The van der Waals surface area contributed by atoms with Crippen LogP contribution >= 0.6 is 0 Å². The van der Waals surface area contributed by atoms with Crippen molar-refractivity contribution < 1.29 is 8.42 Å². The van der Waals surface area contributed by atoms with Gasteiger partial charge >= 0.3 is 0 Å². The Morgan fingerprint density at radius 2 is 2.08 bits per heavy atom. The van der Waals surface area contributed by atoms with Crippen LogP contribution in [0.4, 0.5) is 5.69 Å². The van der Waals surface area contributed by atoms with E-state index in [2.05, 4.69) is 4.72 Å². The van der Waals surface area contributed by atoms with E-state index < -0.39 is 10.0 Å². The number of hydrogen-bond acceptors (Lipinski definition) is 2. The standard InChI is InChI=1S/C9H13NO2S/c1-3-13(11,12)10-9-6-4-5-8(2)7-9/h4-7,10H,3H2,1-2H3. The van der Waals surface area contributed by atoms with Gasteiger partial charge in [0.15, 0.2) is 0 Å². The topological polar surface area (TPSA) is 46.2 Å². The van der Waals surface area contributed by atoms with Gasteiger partial charge in [0.05, 0.1) is 5.75 Å². The van der Waals surface area contributed by atoms with E-state index in [0.717, 1.165) is 5.56 Å². The molecule has 4 heteroatoms. The summed E-state index contributed by atoms with van der Waals surface area (Å²) in [5.74, 6) is 0.0982. The van der Waals surface area contributed by atoms with Gasteiger partial charge in [-0.3, -0.25) is 4.72 Å². The minimum Gasteiger partial charge on any atom is -0.284 e. The van der Waals surface area contributed by atoms with Gasteiger partial charge in [-0.1, -0.05) is 12.1 Å². The Bertz CT molecular complexity index is 384. The summed E-state index contributed by atoms with van der Waals surface area (Å²) < 4.78 is 24.8. The fraction of sp³-hybridized carbons (Fsp3) is 0.333. The molecule has 0 aliphatic rings. The van der Waals surface area contributed by atoms with Crippen LogP contribution in [0, 0.1) is 6.92 Å². The number of sulfonamides is 1. The molecule has 1 aromatic carbocycles. The van der Waals surface area contributed by atoms with Crippen LogP contribution in [0.5, 0.6) is 0 Å². The number of benzene rings is 1. The smallest absolute Gasteiger partial charge is 0.232 e. The molecule has 0 bridgehead atoms. The Balaban J connectivity index is 2.87. The van der Waals surface area contributed by atoms with E-state index in [9.17, 15) is 8.42 Å². The summed E-state index contributed by atoms with van der Waals surface area (Å²) in [6.45, 7) is 3.53. The summed E-state index contributed by atoms with van der Waals surface area (Å²) in [6.07, 6.45) is 0. The first kappa shape index (κ1) is 10.1. The summed E-state index contributed by atoms with van der Waals surface area (Å²) >= 11 is 0. The monoisotopic (exact) mass is 199 g/mol. The predicted molar refractivity (Wildman–Crippen MR) is 54.3 cm³/mol. The fourth-order valence-electron chi connectivity index (χ4n) is 0.960. The van der Waals surface area contributed by atoms with Crippen molar-refractivity contribution in [1.29, 1.82) is 0 Å². The van der Waals surface area contributed by atoms with E-state index in [1.54, 1.807) is 19.1 Å². The van der Waals surface area contributed by atoms with Crippen molar-refractivity contribution in [3.8, 4) is 0 Å². The Labute approximate surface area is 78.8 Å². The molecule has 0 heterocycles. The first-order valence-corrected chi connectivity index (χ1v) is 5.76. The number of hydrogen-bond donors (Lipinski definition) is 1. The summed E-state index contributed by atoms with van der Waals surface area (Å²) in [6, 6.07) is 7.28. The van der Waals surface area contributed by atoms with Crippen molar-refractivity contribution in [2.75, 3.05) is 10.5 Å². The van der Waals surface area contributed by atoms with E-state index in [-0.39, 0.29) is 5.75 Å². The third kappa shape index (κ3) is 3.06. The quantitative estimate of drug-likeness (QED) is 0.806. The lowest BCUT2D eigenvalue weighted by Gasteiger charge is -2.05. The van der Waals surface area contributed by atoms with Gasteiger partial charge in [0.2, 0.25) is 10.0 Å². The lowest BCUT2D eigenvalue weighted by molar-refractivity contribution is 0.602. The first-order chi connectivity index (χ1) is 6.03. The van der Waals surface area contributed by atoms with Crippen LogP contribution in [-0.4, -0.2) is 14.2 Å². The van der Waals surface area contributed by atoms with Crippen LogP contribution in [0.3, 0.4) is 0 Å². The van der Waals surface area contributed by atoms with Crippen molar-refractivity contribution >= 4 is 15.7 Å². The van der Waals surface area contributed by atoms with E-state index in [0.29, 0.717) is 5.69 Å². The average molecular weight is 199 g/mol. The highest BCUT2D eigenvalue weighted by Gasteiger charge is 2.05. The van der Waals surface area contributed by atoms with E-state index >= 15 is 0 Å². The maximum Gasteiger partial charge on any atom is 0.232 e. The molecule has 0 radical (unpaired) electrons. The lowest BCUT2D eigenvalue weighted by Crippen LogP contribution is -2.14. The molecule has 1 rings (SSSR count). The predicted octanol–water partition coefficient (Wildman–Crippen LogP) is 1.76. The second kappa shape index (κ2) is 3.79. The molecular formula is C9H13NO2S. The minimum absolute atomic E-state index is 0.0982. The Kier molecular flexibility index (Phi) is 2.93. The third-order valence-corrected chi connectivity index (χ3v) is 2.98. The lowest BCUT2D eigenvalue weighted by atomic mass is 10.2. The highest BCUT2D eigenvalue weighted by Crippen LogP contribution is 2.11. The van der Waals surface area contributed by atoms with Crippen molar-refractivity contribution in [2.24, 2.45) is 0 Å². The van der Waals surface area contributed by atoms with Crippen molar-refractivity contribution in [2.45, 2.75) is 13.8 Å². The zero-order valence-electron chi connectivity index (χ0n) is 7.74. The van der Waals surface area contributed by atoms with Crippen molar-refractivity contribution in [1.82, 2.24) is 0 Å². The fourth-order valence-corrected chi connectivity index (χ4v) is 1.59. The van der Waals surface area contributed by atoms with Crippen LogP contribution < -0.4 is 4.72 Å². The second-order valence-electron chi connectivity index (χ2n) is 2.87. The minimum atomic E-state index is -3.14. The van der Waals surface area contributed by atoms with Crippen molar-refractivity contribution in [3.63, 3.8) is 0 Å². The maximum absolute atomic E-state index is 11.2. The molecule has 72 valence electrons. The summed E-state index contributed by atoms with van der Waals surface area (Å²) in [4.78, 5) is 0. The molecule has 0 aromatic heterocycles. The molecule has 0 spiro atoms. The zero-order chi connectivity index (χ0) is 9.90. The molecule has 0 aliphatic heterocycles. The van der Waals surface area contributed by atoms with Gasteiger partial charge in [0.1, 0.15) is 0 Å². The molecule has 1 aromatic rings. The average Bonchev–Trinajstić information content (AvgIpc) is 2.03. The molecule has 1 N–H and O–H groups in total. The molecule has 0 saturated carbocycles. The third-order valence-electron chi connectivity index (χ3n) is 1.67. The number of rotatable bonds is 3. The summed E-state index contributed by atoms with van der Waals surface area (Å²) in [5, 5.41) is 0. The normalized spacial score (nSPS) is 11.2. The molecule has 3 nitrogen and oxygen atoms in total. The van der Waals surface area contributed by atoms with E-state index in [4.69, 9.17) is 0 Å². The van der Waals surface area contributed by atoms with Gasteiger partial charge < -0.3 is 0 Å². The summed E-state index contributed by atoms with van der Waals surface area (Å²) in [5.41, 5.74) is 1.66. The van der Waals surface area contributed by atoms with Crippen molar-refractivity contribution in [3.05, 3.63) is 29.8 Å². The highest BCUT2D eigenvalue weighted by molar-refractivity contribution is 7.92. The van der Waals surface area contributed by atoms with E-state index in [1.165, 1.54) is 0 Å². The van der Waals surface area contributed by atoms with Gasteiger partial charge in [-0.2, -0.15) is 0 Å². The molecule has 0 saturated heterocycles. The molecular weight excluding hydrogens is 186 g/mol. The highest BCUT2D eigenvalue weighted by atomic mass is 32.2.